The highest BCUT2D eigenvalue weighted by atomic mass is 35.5. The Kier molecular flexibility index (Phi) is 5.28. The molecule has 24 heavy (non-hydrogen) atoms. The fraction of sp³-hybridized carbons (Fsp3) is 0.263. The number of nitrogens with zero attached hydrogens (tertiary/aromatic N) is 3. The van der Waals surface area contributed by atoms with Crippen LogP contribution in [0.25, 0.3) is 10.9 Å². The Labute approximate surface area is 147 Å². The molecule has 0 saturated carbocycles. The first-order valence-corrected chi connectivity index (χ1v) is 8.36. The van der Waals surface area contributed by atoms with Gasteiger partial charge in [-0.05, 0) is 44.3 Å². The maximum Gasteiger partial charge on any atom is 0.137 e. The molecular formula is C19H21ClN4. The molecule has 0 fully saturated rings. The smallest absolute Gasteiger partial charge is 0.137 e. The van der Waals surface area contributed by atoms with Gasteiger partial charge in [-0.15, -0.1) is 0 Å². The van der Waals surface area contributed by atoms with E-state index in [1.165, 1.54) is 5.56 Å². The highest BCUT2D eigenvalue weighted by Gasteiger charge is 2.13. The van der Waals surface area contributed by atoms with Gasteiger partial charge in [0.25, 0.3) is 0 Å². The summed E-state index contributed by atoms with van der Waals surface area (Å²) in [4.78, 5) is 10.9. The molecule has 0 aliphatic carbocycles. The lowest BCUT2D eigenvalue weighted by Crippen LogP contribution is -2.36. The van der Waals surface area contributed by atoms with E-state index >= 15 is 0 Å². The number of hydrogen-bond donors (Lipinski definition) is 1. The third-order valence-electron chi connectivity index (χ3n) is 4.15. The standard InChI is InChI=1S/C19H21ClN4/c1-24(2)16(10-14-6-4-3-5-7-14)12-21-19-17-9-8-15(20)11-18(17)22-13-23-19/h3-9,11,13,16H,10,12H2,1-2H3,(H,21,22,23)/t16-/m1/s1. The second-order valence-corrected chi connectivity index (χ2v) is 6.51. The molecule has 3 aromatic rings. The fourth-order valence-electron chi connectivity index (χ4n) is 2.71. The number of benzene rings is 2. The van der Waals surface area contributed by atoms with Crippen LogP contribution in [0.2, 0.25) is 5.02 Å². The van der Waals surface area contributed by atoms with Crippen LogP contribution in [0.1, 0.15) is 5.56 Å². The van der Waals surface area contributed by atoms with Gasteiger partial charge in [0.05, 0.1) is 5.52 Å². The second kappa shape index (κ2) is 7.60. The van der Waals surface area contributed by atoms with Crippen LogP contribution in [-0.2, 0) is 6.42 Å². The van der Waals surface area contributed by atoms with Gasteiger partial charge in [0, 0.05) is 23.0 Å². The molecule has 0 radical (unpaired) electrons. The van der Waals surface area contributed by atoms with E-state index in [2.05, 4.69) is 58.5 Å². The number of anilines is 1. The Balaban J connectivity index is 1.75. The van der Waals surface area contributed by atoms with Crippen molar-refractivity contribution in [3.63, 3.8) is 0 Å². The lowest BCUT2D eigenvalue weighted by molar-refractivity contribution is 0.303. The molecule has 0 bridgehead atoms. The van der Waals surface area contributed by atoms with Crippen LogP contribution in [-0.4, -0.2) is 41.5 Å². The van der Waals surface area contributed by atoms with Crippen molar-refractivity contribution >= 4 is 28.3 Å². The molecule has 124 valence electrons. The normalized spacial score (nSPS) is 12.5. The number of hydrogen-bond acceptors (Lipinski definition) is 4. The molecule has 1 heterocycles. The third kappa shape index (κ3) is 4.02. The molecule has 0 aliphatic heterocycles. The summed E-state index contributed by atoms with van der Waals surface area (Å²) < 4.78 is 0. The molecule has 4 nitrogen and oxygen atoms in total. The van der Waals surface area contributed by atoms with Crippen LogP contribution in [0.3, 0.4) is 0 Å². The average molecular weight is 341 g/mol. The Morgan fingerprint density at radius 3 is 2.62 bits per heavy atom. The van der Waals surface area contributed by atoms with E-state index in [4.69, 9.17) is 11.6 Å². The zero-order valence-corrected chi connectivity index (χ0v) is 14.7. The maximum atomic E-state index is 6.04. The second-order valence-electron chi connectivity index (χ2n) is 6.07. The molecular weight excluding hydrogens is 320 g/mol. The Hall–Kier alpha value is -2.17. The Morgan fingerprint density at radius 2 is 1.88 bits per heavy atom. The van der Waals surface area contributed by atoms with Gasteiger partial charge >= 0.3 is 0 Å². The molecule has 2 aromatic carbocycles. The zero-order valence-electron chi connectivity index (χ0n) is 13.9. The Morgan fingerprint density at radius 1 is 1.08 bits per heavy atom. The third-order valence-corrected chi connectivity index (χ3v) is 4.38. The summed E-state index contributed by atoms with van der Waals surface area (Å²) >= 11 is 6.04. The molecule has 5 heteroatoms. The fourth-order valence-corrected chi connectivity index (χ4v) is 2.88. The molecule has 0 unspecified atom stereocenters. The SMILES string of the molecule is CN(C)[C@@H](CNc1ncnc2cc(Cl)ccc12)Cc1ccccc1. The Bertz CT molecular complexity index is 805. The van der Waals surface area contributed by atoms with E-state index < -0.39 is 0 Å². The largest absolute Gasteiger partial charge is 0.368 e. The van der Waals surface area contributed by atoms with Gasteiger partial charge in [0.2, 0.25) is 0 Å². The predicted octanol–water partition coefficient (Wildman–Crippen LogP) is 3.87. The van der Waals surface area contributed by atoms with E-state index in [0.717, 1.165) is 29.7 Å². The topological polar surface area (TPSA) is 41.0 Å². The summed E-state index contributed by atoms with van der Waals surface area (Å²) in [5, 5.41) is 5.14. The van der Waals surface area contributed by atoms with Crippen molar-refractivity contribution in [2.45, 2.75) is 12.5 Å². The van der Waals surface area contributed by atoms with Gasteiger partial charge in [-0.2, -0.15) is 0 Å². The summed E-state index contributed by atoms with van der Waals surface area (Å²) in [6.07, 6.45) is 2.55. The minimum atomic E-state index is 0.365. The molecule has 1 N–H and O–H groups in total. The highest BCUT2D eigenvalue weighted by molar-refractivity contribution is 6.31. The van der Waals surface area contributed by atoms with Crippen molar-refractivity contribution in [1.29, 1.82) is 0 Å². The number of halogens is 1. The molecule has 1 aromatic heterocycles. The van der Waals surface area contributed by atoms with Crippen molar-refractivity contribution in [3.8, 4) is 0 Å². The van der Waals surface area contributed by atoms with Crippen LogP contribution in [0, 0.1) is 0 Å². The zero-order chi connectivity index (χ0) is 16.9. The lowest BCUT2D eigenvalue weighted by Gasteiger charge is -2.25. The van der Waals surface area contributed by atoms with Crippen LogP contribution in [0.4, 0.5) is 5.82 Å². The molecule has 0 spiro atoms. The van der Waals surface area contributed by atoms with Gasteiger partial charge in [-0.25, -0.2) is 9.97 Å². The monoisotopic (exact) mass is 340 g/mol. The molecule has 0 aliphatic rings. The van der Waals surface area contributed by atoms with Crippen molar-refractivity contribution < 1.29 is 0 Å². The maximum absolute atomic E-state index is 6.04. The number of rotatable bonds is 6. The number of fused-ring (bicyclic) bond motifs is 1. The van der Waals surface area contributed by atoms with Gasteiger partial charge in [0.1, 0.15) is 12.1 Å². The summed E-state index contributed by atoms with van der Waals surface area (Å²) in [7, 11) is 4.21. The summed E-state index contributed by atoms with van der Waals surface area (Å²) in [6, 6.07) is 16.6. The average Bonchev–Trinajstić information content (AvgIpc) is 2.59. The van der Waals surface area contributed by atoms with E-state index in [0.29, 0.717) is 11.1 Å². The minimum Gasteiger partial charge on any atom is -0.368 e. The first-order chi connectivity index (χ1) is 11.6. The summed E-state index contributed by atoms with van der Waals surface area (Å²) in [5.41, 5.74) is 2.18. The van der Waals surface area contributed by atoms with Crippen molar-refractivity contribution in [2.75, 3.05) is 26.0 Å². The van der Waals surface area contributed by atoms with E-state index in [-0.39, 0.29) is 0 Å². The summed E-state index contributed by atoms with van der Waals surface area (Å²) in [5.74, 6) is 0.844. The van der Waals surface area contributed by atoms with E-state index in [1.807, 2.05) is 24.3 Å². The van der Waals surface area contributed by atoms with Crippen LogP contribution in [0.5, 0.6) is 0 Å². The quantitative estimate of drug-likeness (QED) is 0.739. The van der Waals surface area contributed by atoms with Crippen molar-refractivity contribution in [1.82, 2.24) is 14.9 Å². The van der Waals surface area contributed by atoms with Gasteiger partial charge in [-0.3, -0.25) is 0 Å². The van der Waals surface area contributed by atoms with Crippen LogP contribution in [0.15, 0.2) is 54.9 Å². The lowest BCUT2D eigenvalue weighted by atomic mass is 10.1. The van der Waals surface area contributed by atoms with Crippen LogP contribution >= 0.6 is 11.6 Å². The van der Waals surface area contributed by atoms with Gasteiger partial charge in [-0.1, -0.05) is 41.9 Å². The van der Waals surface area contributed by atoms with E-state index in [9.17, 15) is 0 Å². The molecule has 0 saturated heterocycles. The van der Waals surface area contributed by atoms with E-state index in [1.54, 1.807) is 6.33 Å². The first kappa shape index (κ1) is 16.7. The first-order valence-electron chi connectivity index (χ1n) is 7.98. The van der Waals surface area contributed by atoms with Crippen molar-refractivity contribution in [3.05, 3.63) is 65.4 Å². The van der Waals surface area contributed by atoms with Gasteiger partial charge in [0.15, 0.2) is 0 Å². The minimum absolute atomic E-state index is 0.365. The highest BCUT2D eigenvalue weighted by Crippen LogP contribution is 2.22. The molecule has 1 atom stereocenters. The summed E-state index contributed by atoms with van der Waals surface area (Å²) in [6.45, 7) is 0.802. The van der Waals surface area contributed by atoms with Gasteiger partial charge < -0.3 is 10.2 Å². The predicted molar refractivity (Wildman–Crippen MR) is 101 cm³/mol. The van der Waals surface area contributed by atoms with Crippen LogP contribution < -0.4 is 5.32 Å². The molecule has 3 rings (SSSR count). The number of aromatic nitrogens is 2. The number of nitrogens with one attached hydrogen (secondary N) is 1. The molecule has 0 amide bonds. The van der Waals surface area contributed by atoms with Crippen molar-refractivity contribution in [2.24, 2.45) is 0 Å². The number of likely N-dealkylation sites (N-methyl/N-ethyl adjacent to an activating group) is 1.